The van der Waals surface area contributed by atoms with Gasteiger partial charge >= 0.3 is 0 Å². The first-order valence-corrected chi connectivity index (χ1v) is 17.8. The van der Waals surface area contributed by atoms with E-state index in [-0.39, 0.29) is 59.5 Å². The summed E-state index contributed by atoms with van der Waals surface area (Å²) in [7, 11) is 0. The molecular formula is C32H60O21. The van der Waals surface area contributed by atoms with Crippen LogP contribution in [0.2, 0.25) is 0 Å². The van der Waals surface area contributed by atoms with Gasteiger partial charge in [-0.2, -0.15) is 0 Å². The van der Waals surface area contributed by atoms with Crippen molar-refractivity contribution in [2.45, 2.75) is 118 Å². The summed E-state index contributed by atoms with van der Waals surface area (Å²) in [4.78, 5) is 0. The van der Waals surface area contributed by atoms with Crippen molar-refractivity contribution in [3.8, 4) is 0 Å². The van der Waals surface area contributed by atoms with Crippen LogP contribution in [-0.2, 0) is 42.6 Å². The summed E-state index contributed by atoms with van der Waals surface area (Å²) in [6, 6.07) is 0. The average molecular weight is 781 g/mol. The average Bonchev–Trinajstić information content (AvgIpc) is 3.15. The molecule has 3 saturated heterocycles. The highest BCUT2D eigenvalue weighted by Gasteiger charge is 2.46. The first kappa shape index (κ1) is 46.5. The predicted octanol–water partition coefficient (Wildman–Crippen LogP) is -6.34. The van der Waals surface area contributed by atoms with E-state index in [0.29, 0.717) is 19.3 Å². The molecule has 21 heteroatoms. The Morgan fingerprint density at radius 2 is 0.660 bits per heavy atom. The van der Waals surface area contributed by atoms with E-state index >= 15 is 0 Å². The van der Waals surface area contributed by atoms with E-state index in [1.807, 2.05) is 6.92 Å². The molecule has 3 aliphatic rings. The van der Waals surface area contributed by atoms with Gasteiger partial charge in [0.25, 0.3) is 0 Å². The first-order chi connectivity index (χ1) is 25.3. The Kier molecular flexibility index (Phi) is 20.6. The van der Waals surface area contributed by atoms with Crippen LogP contribution in [0.1, 0.15) is 26.2 Å². The Balaban J connectivity index is 1.41. The van der Waals surface area contributed by atoms with Crippen LogP contribution in [0.25, 0.3) is 0 Å². The molecule has 53 heavy (non-hydrogen) atoms. The van der Waals surface area contributed by atoms with E-state index < -0.39 is 117 Å². The minimum atomic E-state index is -1.55. The van der Waals surface area contributed by atoms with Crippen LogP contribution in [0.5, 0.6) is 0 Å². The van der Waals surface area contributed by atoms with Crippen molar-refractivity contribution >= 4 is 0 Å². The van der Waals surface area contributed by atoms with E-state index in [1.54, 1.807) is 0 Å². The number of rotatable bonds is 24. The van der Waals surface area contributed by atoms with Gasteiger partial charge in [0.15, 0.2) is 18.9 Å². The van der Waals surface area contributed by atoms with Gasteiger partial charge in [0.1, 0.15) is 73.2 Å². The highest BCUT2D eigenvalue weighted by Crippen LogP contribution is 2.25. The lowest BCUT2D eigenvalue weighted by molar-refractivity contribution is -0.301. The fraction of sp³-hybridized carbons (Fsp3) is 1.00. The van der Waals surface area contributed by atoms with Crippen molar-refractivity contribution in [1.29, 1.82) is 0 Å². The van der Waals surface area contributed by atoms with Gasteiger partial charge < -0.3 is 104 Å². The molecule has 3 fully saturated rings. The van der Waals surface area contributed by atoms with Gasteiger partial charge in [-0.25, -0.2) is 0 Å². The molecule has 0 aromatic heterocycles. The lowest BCUT2D eigenvalue weighted by Crippen LogP contribution is -2.59. The van der Waals surface area contributed by atoms with Gasteiger partial charge in [-0.15, -0.1) is 0 Å². The van der Waals surface area contributed by atoms with Crippen LogP contribution in [0.4, 0.5) is 0 Å². The van der Waals surface area contributed by atoms with Crippen LogP contribution in [0.15, 0.2) is 0 Å². The third-order valence-corrected chi connectivity index (χ3v) is 9.04. The molecule has 15 atom stereocenters. The molecule has 0 aliphatic carbocycles. The lowest BCUT2D eigenvalue weighted by Gasteiger charge is -2.39. The van der Waals surface area contributed by atoms with Gasteiger partial charge in [-0.05, 0) is 19.3 Å². The minimum Gasteiger partial charge on any atom is -0.394 e. The summed E-state index contributed by atoms with van der Waals surface area (Å²) in [6.07, 6.45) is -19.7. The summed E-state index contributed by atoms with van der Waals surface area (Å²) in [5, 5.41) is 118. The highest BCUT2D eigenvalue weighted by molar-refractivity contribution is 4.90. The number of ether oxygens (including phenoxy) is 9. The first-order valence-electron chi connectivity index (χ1n) is 17.8. The minimum absolute atomic E-state index is 0.0648. The molecule has 0 aromatic carbocycles. The molecule has 12 N–H and O–H groups in total. The fourth-order valence-electron chi connectivity index (χ4n) is 5.78. The molecule has 3 heterocycles. The predicted molar refractivity (Wildman–Crippen MR) is 174 cm³/mol. The molecule has 21 nitrogen and oxygen atoms in total. The van der Waals surface area contributed by atoms with Gasteiger partial charge in [0, 0.05) is 25.2 Å². The van der Waals surface area contributed by atoms with Crippen LogP contribution in [0.3, 0.4) is 0 Å². The van der Waals surface area contributed by atoms with Crippen molar-refractivity contribution in [2.75, 3.05) is 79.3 Å². The zero-order valence-corrected chi connectivity index (χ0v) is 29.8. The standard InChI is InChI=1S/C32H60O21/c1-32(14-45-5-2-8-48-29-26(42)23(39)20(36)17(11-33)51-29,15-46-6-3-9-49-30-27(43)24(40)21(37)18(12-34)52-30)16-47-7-4-10-50-31-28(44)25(41)22(38)19(13-35)53-31/h17-31,33-44H,2-16H2,1H3/t17-,18-,19-,20-,21-,22-,23+,24+,25+,26+,27+,28+,29+,30+,31+/m1/s1. The summed E-state index contributed by atoms with van der Waals surface area (Å²) >= 11 is 0. The van der Waals surface area contributed by atoms with E-state index in [1.165, 1.54) is 0 Å². The third-order valence-electron chi connectivity index (χ3n) is 9.04. The molecule has 314 valence electrons. The monoisotopic (exact) mass is 780 g/mol. The van der Waals surface area contributed by atoms with Crippen molar-refractivity contribution in [3.63, 3.8) is 0 Å². The Morgan fingerprint density at radius 1 is 0.396 bits per heavy atom. The largest absolute Gasteiger partial charge is 0.394 e. The van der Waals surface area contributed by atoms with Crippen LogP contribution in [-0.4, -0.2) is 233 Å². The van der Waals surface area contributed by atoms with Crippen LogP contribution >= 0.6 is 0 Å². The summed E-state index contributed by atoms with van der Waals surface area (Å²) in [5.74, 6) is 0. The van der Waals surface area contributed by atoms with E-state index in [9.17, 15) is 61.3 Å². The zero-order valence-electron chi connectivity index (χ0n) is 29.8. The second-order valence-electron chi connectivity index (χ2n) is 13.7. The van der Waals surface area contributed by atoms with Gasteiger partial charge in [-0.3, -0.25) is 0 Å². The molecule has 0 radical (unpaired) electrons. The Labute approximate surface area is 307 Å². The lowest BCUT2D eigenvalue weighted by atomic mass is 9.94. The summed E-state index contributed by atoms with van der Waals surface area (Å²) < 4.78 is 50.1. The topological polar surface area (TPSA) is 326 Å². The van der Waals surface area contributed by atoms with Gasteiger partial charge in [-0.1, -0.05) is 6.92 Å². The van der Waals surface area contributed by atoms with Crippen molar-refractivity contribution in [1.82, 2.24) is 0 Å². The quantitative estimate of drug-likeness (QED) is 0.0405. The van der Waals surface area contributed by atoms with E-state index in [4.69, 9.17) is 42.6 Å². The Hall–Kier alpha value is -0.840. The van der Waals surface area contributed by atoms with Crippen molar-refractivity contribution in [2.24, 2.45) is 5.41 Å². The summed E-state index contributed by atoms with van der Waals surface area (Å²) in [6.45, 7) is 1.51. The molecule has 0 unspecified atom stereocenters. The smallest absolute Gasteiger partial charge is 0.186 e. The number of hydrogen-bond acceptors (Lipinski definition) is 21. The second-order valence-corrected chi connectivity index (χ2v) is 13.7. The normalized spacial score (nSPS) is 38.3. The Morgan fingerprint density at radius 3 is 0.906 bits per heavy atom. The second kappa shape index (κ2) is 23.4. The molecule has 3 aliphatic heterocycles. The maximum absolute atomic E-state index is 10.1. The molecular weight excluding hydrogens is 720 g/mol. The fourth-order valence-corrected chi connectivity index (χ4v) is 5.78. The van der Waals surface area contributed by atoms with Crippen LogP contribution < -0.4 is 0 Å². The van der Waals surface area contributed by atoms with Crippen LogP contribution in [0, 0.1) is 5.41 Å². The maximum atomic E-state index is 10.1. The van der Waals surface area contributed by atoms with Gasteiger partial charge in [0.05, 0.1) is 59.5 Å². The van der Waals surface area contributed by atoms with Gasteiger partial charge in [0.2, 0.25) is 0 Å². The Bertz CT molecular complexity index is 861. The van der Waals surface area contributed by atoms with E-state index in [2.05, 4.69) is 0 Å². The molecule has 0 amide bonds. The number of aliphatic hydroxyl groups excluding tert-OH is 12. The van der Waals surface area contributed by atoms with E-state index in [0.717, 1.165) is 0 Å². The maximum Gasteiger partial charge on any atom is 0.186 e. The highest BCUT2D eigenvalue weighted by atomic mass is 16.7. The molecule has 0 aromatic rings. The molecule has 3 rings (SSSR count). The third kappa shape index (κ3) is 13.7. The molecule has 0 bridgehead atoms. The SMILES string of the molecule is CC(COCCCO[C@H]1O[C@H](CO)[C@@H](O)[C@H](O)[C@@H]1O)(COCCCO[C@H]1O[C@H](CO)[C@@H](O)[C@H](O)[C@@H]1O)COCCCO[C@H]1O[C@H](CO)[C@@H](O)[C@H](O)[C@@H]1O. The molecule has 0 saturated carbocycles. The zero-order chi connectivity index (χ0) is 39.1. The number of aliphatic hydroxyl groups is 12. The number of hydrogen-bond donors (Lipinski definition) is 12. The summed E-state index contributed by atoms with van der Waals surface area (Å²) in [5.41, 5.74) is -0.672. The van der Waals surface area contributed by atoms with Crippen molar-refractivity contribution < 1.29 is 104 Å². The van der Waals surface area contributed by atoms with Crippen molar-refractivity contribution in [3.05, 3.63) is 0 Å². The molecule has 0 spiro atoms.